The third-order valence-electron chi connectivity index (χ3n) is 6.64. The maximum atomic E-state index is 13.5. The minimum atomic E-state index is -4.43. The van der Waals surface area contributed by atoms with E-state index in [9.17, 15) is 18.0 Å². The second kappa shape index (κ2) is 12.8. The lowest BCUT2D eigenvalue weighted by molar-refractivity contribution is -0.144. The Labute approximate surface area is 210 Å². The number of methoxy groups -OCH3 is 1. The molecule has 36 heavy (non-hydrogen) atoms. The highest BCUT2D eigenvalue weighted by atomic mass is 19.4. The normalized spacial score (nSPS) is 17.9. The molecule has 0 atom stereocenters. The van der Waals surface area contributed by atoms with Gasteiger partial charge in [-0.2, -0.15) is 13.2 Å². The van der Waals surface area contributed by atoms with E-state index in [1.54, 1.807) is 6.07 Å². The van der Waals surface area contributed by atoms with E-state index in [-0.39, 0.29) is 12.5 Å². The van der Waals surface area contributed by atoms with Gasteiger partial charge in [0.1, 0.15) is 0 Å². The molecule has 2 aromatic rings. The number of rotatable bonds is 11. The van der Waals surface area contributed by atoms with Crippen LogP contribution in [0.1, 0.15) is 57.1 Å². The van der Waals surface area contributed by atoms with E-state index in [1.807, 2.05) is 13.8 Å². The number of nitrogens with one attached hydrogen (secondary N) is 1. The van der Waals surface area contributed by atoms with Gasteiger partial charge < -0.3 is 19.7 Å². The van der Waals surface area contributed by atoms with Crippen LogP contribution in [0.3, 0.4) is 0 Å². The number of ether oxygens (including phenoxy) is 2. The molecular weight excluding hydrogens is 473 g/mol. The van der Waals surface area contributed by atoms with Crippen molar-refractivity contribution in [2.45, 2.75) is 58.7 Å². The SMILES string of the molecule is CCOC(=O)CC1CCC(CN(CC)c2ccc(C(F)(F)F)cc2CNc2ncc(OC)cn2)CC1. The predicted molar refractivity (Wildman–Crippen MR) is 132 cm³/mol. The Morgan fingerprint density at radius 3 is 2.36 bits per heavy atom. The number of anilines is 2. The number of halogens is 3. The molecule has 1 aliphatic carbocycles. The summed E-state index contributed by atoms with van der Waals surface area (Å²) in [7, 11) is 1.51. The number of alkyl halides is 3. The maximum Gasteiger partial charge on any atom is 0.416 e. The van der Waals surface area contributed by atoms with Crippen molar-refractivity contribution in [2.24, 2.45) is 11.8 Å². The van der Waals surface area contributed by atoms with Crippen LogP contribution in [0, 0.1) is 11.8 Å². The Hall–Kier alpha value is -3.04. The van der Waals surface area contributed by atoms with Crippen molar-refractivity contribution in [3.63, 3.8) is 0 Å². The van der Waals surface area contributed by atoms with E-state index in [2.05, 4.69) is 20.2 Å². The maximum absolute atomic E-state index is 13.5. The molecule has 7 nitrogen and oxygen atoms in total. The highest BCUT2D eigenvalue weighted by Crippen LogP contribution is 2.36. The zero-order valence-electron chi connectivity index (χ0n) is 21.1. The topological polar surface area (TPSA) is 76.6 Å². The largest absolute Gasteiger partial charge is 0.494 e. The van der Waals surface area contributed by atoms with Crippen LogP contribution in [0.15, 0.2) is 30.6 Å². The Kier molecular flexibility index (Phi) is 9.78. The van der Waals surface area contributed by atoms with Gasteiger partial charge in [0.15, 0.2) is 5.75 Å². The van der Waals surface area contributed by atoms with Crippen LogP contribution in [0.4, 0.5) is 24.8 Å². The molecule has 1 N–H and O–H groups in total. The molecule has 1 heterocycles. The highest BCUT2D eigenvalue weighted by Gasteiger charge is 2.32. The van der Waals surface area contributed by atoms with E-state index >= 15 is 0 Å². The number of nitrogens with zero attached hydrogens (tertiary/aromatic N) is 3. The number of benzene rings is 1. The smallest absolute Gasteiger partial charge is 0.416 e. The van der Waals surface area contributed by atoms with Crippen molar-refractivity contribution in [1.82, 2.24) is 9.97 Å². The van der Waals surface area contributed by atoms with E-state index < -0.39 is 11.7 Å². The summed E-state index contributed by atoms with van der Waals surface area (Å²) in [5.41, 5.74) is 0.608. The molecule has 1 aliphatic rings. The van der Waals surface area contributed by atoms with Gasteiger partial charge >= 0.3 is 12.1 Å². The first kappa shape index (κ1) is 27.5. The van der Waals surface area contributed by atoms with Crippen molar-refractivity contribution in [2.75, 3.05) is 37.0 Å². The van der Waals surface area contributed by atoms with Gasteiger partial charge in [-0.25, -0.2) is 9.97 Å². The monoisotopic (exact) mass is 508 g/mol. The minimum Gasteiger partial charge on any atom is -0.494 e. The molecule has 1 saturated carbocycles. The zero-order chi connectivity index (χ0) is 26.1. The molecule has 0 radical (unpaired) electrons. The van der Waals surface area contributed by atoms with Gasteiger partial charge in [-0.3, -0.25) is 4.79 Å². The van der Waals surface area contributed by atoms with Crippen LogP contribution in [0.25, 0.3) is 0 Å². The Morgan fingerprint density at radius 2 is 1.78 bits per heavy atom. The molecule has 0 saturated heterocycles. The third kappa shape index (κ3) is 7.73. The molecule has 1 aromatic carbocycles. The number of aromatic nitrogens is 2. The summed E-state index contributed by atoms with van der Waals surface area (Å²) in [4.78, 5) is 22.2. The van der Waals surface area contributed by atoms with Gasteiger partial charge in [-0.15, -0.1) is 0 Å². The van der Waals surface area contributed by atoms with Crippen molar-refractivity contribution in [1.29, 1.82) is 0 Å². The summed E-state index contributed by atoms with van der Waals surface area (Å²) in [6, 6.07) is 3.90. The van der Waals surface area contributed by atoms with Gasteiger partial charge in [0, 0.05) is 31.7 Å². The summed E-state index contributed by atoms with van der Waals surface area (Å²) in [6.07, 6.45) is 2.90. The average Bonchev–Trinajstić information content (AvgIpc) is 2.87. The Morgan fingerprint density at radius 1 is 1.11 bits per heavy atom. The molecule has 10 heteroatoms. The first-order valence-corrected chi connectivity index (χ1v) is 12.4. The van der Waals surface area contributed by atoms with Crippen molar-refractivity contribution < 1.29 is 27.4 Å². The second-order valence-electron chi connectivity index (χ2n) is 9.08. The third-order valence-corrected chi connectivity index (χ3v) is 6.64. The molecule has 0 aliphatic heterocycles. The summed E-state index contributed by atoms with van der Waals surface area (Å²) in [6.45, 7) is 5.78. The van der Waals surface area contributed by atoms with Gasteiger partial charge in [-0.05, 0) is 75.1 Å². The summed E-state index contributed by atoms with van der Waals surface area (Å²) >= 11 is 0. The lowest BCUT2D eigenvalue weighted by atomic mass is 9.80. The second-order valence-corrected chi connectivity index (χ2v) is 9.08. The molecule has 0 bridgehead atoms. The van der Waals surface area contributed by atoms with Gasteiger partial charge in [-0.1, -0.05) is 0 Å². The Balaban J connectivity index is 1.70. The van der Waals surface area contributed by atoms with E-state index in [0.29, 0.717) is 48.7 Å². The molecular formula is C26H35F3N4O3. The average molecular weight is 509 g/mol. The van der Waals surface area contributed by atoms with Crippen LogP contribution < -0.4 is 15.0 Å². The van der Waals surface area contributed by atoms with E-state index in [1.165, 1.54) is 25.6 Å². The fourth-order valence-corrected chi connectivity index (χ4v) is 4.68. The molecule has 198 valence electrons. The van der Waals surface area contributed by atoms with Crippen LogP contribution in [0.5, 0.6) is 5.75 Å². The number of carbonyl (C=O) groups is 1. The molecule has 0 amide bonds. The fraction of sp³-hybridized carbons (Fsp3) is 0.577. The van der Waals surface area contributed by atoms with Gasteiger partial charge in [0.05, 0.1) is 31.7 Å². The number of esters is 1. The number of hydrogen-bond donors (Lipinski definition) is 1. The number of hydrogen-bond acceptors (Lipinski definition) is 7. The minimum absolute atomic E-state index is 0.140. The van der Waals surface area contributed by atoms with Crippen LogP contribution >= 0.6 is 0 Å². The van der Waals surface area contributed by atoms with Gasteiger partial charge in [0.25, 0.3) is 0 Å². The molecule has 0 unspecified atom stereocenters. The van der Waals surface area contributed by atoms with Crippen LogP contribution in [-0.4, -0.2) is 42.7 Å². The lowest BCUT2D eigenvalue weighted by Crippen LogP contribution is -2.33. The molecule has 1 aromatic heterocycles. The zero-order valence-corrected chi connectivity index (χ0v) is 21.1. The lowest BCUT2D eigenvalue weighted by Gasteiger charge is -2.34. The van der Waals surface area contributed by atoms with Gasteiger partial charge in [0.2, 0.25) is 5.95 Å². The van der Waals surface area contributed by atoms with Crippen LogP contribution in [0.2, 0.25) is 0 Å². The predicted octanol–water partition coefficient (Wildman–Crippen LogP) is 5.70. The summed E-state index contributed by atoms with van der Waals surface area (Å²) in [5.74, 6) is 1.41. The standard InChI is InChI=1S/C26H35F3N4O3/c1-4-33(17-19-8-6-18(7-9-19)12-24(34)36-5-2)23-11-10-21(26(27,28)29)13-20(23)14-30-25-31-15-22(35-3)16-32-25/h10-11,13,15-16,18-19H,4-9,12,14,17H2,1-3H3,(H,30,31,32). The van der Waals surface area contributed by atoms with E-state index in [4.69, 9.17) is 9.47 Å². The number of carbonyl (C=O) groups excluding carboxylic acids is 1. The summed E-state index contributed by atoms with van der Waals surface area (Å²) in [5, 5.41) is 3.03. The van der Waals surface area contributed by atoms with Crippen molar-refractivity contribution in [3.05, 3.63) is 41.7 Å². The summed E-state index contributed by atoms with van der Waals surface area (Å²) < 4.78 is 50.5. The molecule has 0 spiro atoms. The fourth-order valence-electron chi connectivity index (χ4n) is 4.68. The van der Waals surface area contributed by atoms with E-state index in [0.717, 1.165) is 44.0 Å². The quantitative estimate of drug-likeness (QED) is 0.390. The van der Waals surface area contributed by atoms with Crippen molar-refractivity contribution in [3.8, 4) is 5.75 Å². The van der Waals surface area contributed by atoms with Crippen molar-refractivity contribution >= 4 is 17.6 Å². The molecule has 1 fully saturated rings. The Bertz CT molecular complexity index is 977. The first-order valence-electron chi connectivity index (χ1n) is 12.4. The first-order chi connectivity index (χ1) is 17.2. The van der Waals surface area contributed by atoms with Crippen LogP contribution in [-0.2, 0) is 22.3 Å². The molecule has 3 rings (SSSR count). The highest BCUT2D eigenvalue weighted by molar-refractivity contribution is 5.69.